The number of hydrogen-bond acceptors (Lipinski definition) is 7. The lowest BCUT2D eigenvalue weighted by molar-refractivity contribution is -0.729. The van der Waals surface area contributed by atoms with E-state index in [0.29, 0.717) is 51.4 Å². The van der Waals surface area contributed by atoms with Crippen LogP contribution < -0.4 is 19.6 Å². The summed E-state index contributed by atoms with van der Waals surface area (Å²) in [4.78, 5) is 9.31. The predicted octanol–water partition coefficient (Wildman–Crippen LogP) is 1.98. The number of hydrogen-bond donors (Lipinski definition) is 2. The van der Waals surface area contributed by atoms with Gasteiger partial charge in [-0.25, -0.2) is 10.1 Å². The number of fused-ring (bicyclic) bond motifs is 3. The number of amidine groups is 1. The molecule has 2 atom stereocenters. The summed E-state index contributed by atoms with van der Waals surface area (Å²) in [5, 5.41) is 24.5. The van der Waals surface area contributed by atoms with Crippen molar-refractivity contribution >= 4 is 22.9 Å². The zero-order valence-corrected chi connectivity index (χ0v) is 15.8. The Hall–Kier alpha value is -3.46. The largest absolute Gasteiger partial charge is 0.623 e. The maximum atomic E-state index is 12.9. The summed E-state index contributed by atoms with van der Waals surface area (Å²) in [7, 11) is 3.17. The van der Waals surface area contributed by atoms with Crippen LogP contribution in [0.3, 0.4) is 0 Å². The van der Waals surface area contributed by atoms with E-state index >= 15 is 0 Å². The van der Waals surface area contributed by atoms with Gasteiger partial charge in [0.15, 0.2) is 17.2 Å². The van der Waals surface area contributed by atoms with Gasteiger partial charge in [0.05, 0.1) is 25.5 Å². The third-order valence-corrected chi connectivity index (χ3v) is 5.18. The van der Waals surface area contributed by atoms with E-state index in [1.807, 2.05) is 6.07 Å². The molecule has 8 nitrogen and oxygen atoms in total. The third-order valence-electron chi connectivity index (χ3n) is 5.18. The number of methoxy groups -OCH3 is 2. The molecule has 146 valence electrons. The number of anilines is 1. The van der Waals surface area contributed by atoms with Crippen molar-refractivity contribution in [2.24, 2.45) is 9.98 Å². The van der Waals surface area contributed by atoms with E-state index < -0.39 is 6.04 Å². The molecule has 1 aliphatic carbocycles. The molecule has 0 saturated carbocycles. The van der Waals surface area contributed by atoms with Crippen molar-refractivity contribution in [1.29, 1.82) is 0 Å². The van der Waals surface area contributed by atoms with Crippen LogP contribution in [0.4, 0.5) is 11.4 Å². The van der Waals surface area contributed by atoms with Crippen LogP contribution in [0.1, 0.15) is 5.56 Å². The zero-order valence-electron chi connectivity index (χ0n) is 15.8. The molecule has 0 aromatic heterocycles. The molecule has 2 unspecified atom stereocenters. The van der Waals surface area contributed by atoms with Gasteiger partial charge < -0.3 is 19.7 Å². The molecule has 0 fully saturated rings. The Morgan fingerprint density at radius 3 is 2.76 bits per heavy atom. The molecule has 2 aliphatic heterocycles. The molecule has 0 amide bonds. The number of ether oxygens (including phenoxy) is 2. The highest BCUT2D eigenvalue weighted by atomic mass is 16.5. The number of quaternary nitrogens is 1. The number of nitrogens with zero attached hydrogens (tertiary/aromatic N) is 3. The summed E-state index contributed by atoms with van der Waals surface area (Å²) in [5.74, 6) is 1.77. The first-order chi connectivity index (χ1) is 14.1. The Morgan fingerprint density at radius 1 is 1.14 bits per heavy atom. The first-order valence-corrected chi connectivity index (χ1v) is 9.06. The fraction of sp³-hybridized carbons (Fsp3) is 0.143. The maximum absolute atomic E-state index is 12.9. The molecule has 2 heterocycles. The molecule has 2 aromatic rings. The van der Waals surface area contributed by atoms with Gasteiger partial charge >= 0.3 is 0 Å². The molecule has 2 N–H and O–H groups in total. The summed E-state index contributed by atoms with van der Waals surface area (Å²) >= 11 is 0. The third kappa shape index (κ3) is 2.65. The molecule has 8 heteroatoms. The number of aliphatic imine (C=N–C) groups is 2. The number of nitrogens with one attached hydrogen (secondary N) is 1. The lowest BCUT2D eigenvalue weighted by Gasteiger charge is -2.37. The molecule has 0 radical (unpaired) electrons. The number of rotatable bonds is 3. The minimum absolute atomic E-state index is 0.140. The Morgan fingerprint density at radius 2 is 1.97 bits per heavy atom. The van der Waals surface area contributed by atoms with Crippen molar-refractivity contribution in [2.45, 2.75) is 6.04 Å². The summed E-state index contributed by atoms with van der Waals surface area (Å²) in [6, 6.07) is 12.0. The van der Waals surface area contributed by atoms with Gasteiger partial charge in [0, 0.05) is 12.1 Å². The zero-order chi connectivity index (χ0) is 20.1. The molecule has 0 spiro atoms. The Balaban J connectivity index is 1.59. The van der Waals surface area contributed by atoms with Crippen LogP contribution in [0.15, 0.2) is 76.0 Å². The van der Waals surface area contributed by atoms with Crippen LogP contribution in [0, 0.1) is 5.21 Å². The standard InChI is InChI=1S/C21H18N4O4/c1-28-12-7-8-20(29-2)13(9-12)21-22-14-10-18-19(11-15(14)23-21)25(27)17-6-4-3-5-16(17)24(18)26/h3-11,14,24,27H,1-2H3. The van der Waals surface area contributed by atoms with Gasteiger partial charge in [-0.3, -0.25) is 10.2 Å². The number of para-hydroxylation sites is 2. The fourth-order valence-electron chi connectivity index (χ4n) is 3.73. The minimum Gasteiger partial charge on any atom is -0.623 e. The van der Waals surface area contributed by atoms with Crippen molar-refractivity contribution in [1.82, 2.24) is 0 Å². The van der Waals surface area contributed by atoms with Crippen molar-refractivity contribution in [3.05, 3.63) is 76.8 Å². The van der Waals surface area contributed by atoms with E-state index in [0.717, 1.165) is 5.06 Å². The molecule has 0 saturated heterocycles. The quantitative estimate of drug-likeness (QED) is 0.782. The van der Waals surface area contributed by atoms with Crippen LogP contribution in [-0.2, 0) is 0 Å². The first-order valence-electron chi connectivity index (χ1n) is 9.06. The number of benzene rings is 2. The van der Waals surface area contributed by atoms with Crippen molar-refractivity contribution < 1.29 is 19.7 Å². The van der Waals surface area contributed by atoms with Crippen molar-refractivity contribution in [3.8, 4) is 11.5 Å². The average Bonchev–Trinajstić information content (AvgIpc) is 3.19. The predicted molar refractivity (Wildman–Crippen MR) is 108 cm³/mol. The molecule has 5 rings (SSSR count). The second-order valence-corrected chi connectivity index (χ2v) is 6.77. The summed E-state index contributed by atoms with van der Waals surface area (Å²) in [5.41, 5.74) is 3.07. The Kier molecular flexibility index (Phi) is 3.99. The second-order valence-electron chi connectivity index (χ2n) is 6.77. The molecular weight excluding hydrogens is 372 g/mol. The summed E-state index contributed by atoms with van der Waals surface area (Å²) in [6.45, 7) is 0. The fourth-order valence-corrected chi connectivity index (χ4v) is 3.73. The summed E-state index contributed by atoms with van der Waals surface area (Å²) < 4.78 is 10.7. The lowest BCUT2D eigenvalue weighted by Crippen LogP contribution is -3.01. The minimum atomic E-state index is -0.401. The highest BCUT2D eigenvalue weighted by molar-refractivity contribution is 6.19. The maximum Gasteiger partial charge on any atom is 0.162 e. The van der Waals surface area contributed by atoms with Crippen LogP contribution in [0.2, 0.25) is 0 Å². The average molecular weight is 390 g/mol. The van der Waals surface area contributed by atoms with Crippen molar-refractivity contribution in [2.75, 3.05) is 19.3 Å². The van der Waals surface area contributed by atoms with Gasteiger partial charge in [0.2, 0.25) is 0 Å². The van der Waals surface area contributed by atoms with Gasteiger partial charge in [-0.05, 0) is 30.3 Å². The van der Waals surface area contributed by atoms with Gasteiger partial charge in [0.1, 0.15) is 28.9 Å². The SMILES string of the molecule is COc1ccc(OC)c(C2=NC3C=C4C(=CC3=N2)N(O)c2ccccc2[NH+]4[O-])c1. The van der Waals surface area contributed by atoms with Crippen LogP contribution in [0.25, 0.3) is 0 Å². The van der Waals surface area contributed by atoms with E-state index in [4.69, 9.17) is 9.47 Å². The summed E-state index contributed by atoms with van der Waals surface area (Å²) in [6.07, 6.45) is 3.45. The van der Waals surface area contributed by atoms with Gasteiger partial charge in [0.25, 0.3) is 0 Å². The molecule has 29 heavy (non-hydrogen) atoms. The monoisotopic (exact) mass is 390 g/mol. The molecular formula is C21H18N4O4. The highest BCUT2D eigenvalue weighted by Gasteiger charge is 2.37. The second kappa shape index (κ2) is 6.56. The topological polar surface area (TPSA) is 94.2 Å². The van der Waals surface area contributed by atoms with E-state index in [-0.39, 0.29) is 5.06 Å². The Bertz CT molecular complexity index is 1140. The van der Waals surface area contributed by atoms with Crippen LogP contribution >= 0.6 is 0 Å². The van der Waals surface area contributed by atoms with E-state index in [1.54, 1.807) is 62.8 Å². The Labute approximate surface area is 166 Å². The molecule has 0 bridgehead atoms. The van der Waals surface area contributed by atoms with E-state index in [1.165, 1.54) is 0 Å². The van der Waals surface area contributed by atoms with Crippen LogP contribution in [0.5, 0.6) is 11.5 Å². The van der Waals surface area contributed by atoms with Gasteiger partial charge in [-0.2, -0.15) is 0 Å². The van der Waals surface area contributed by atoms with Gasteiger partial charge in [-0.15, -0.1) is 0 Å². The smallest absolute Gasteiger partial charge is 0.162 e. The van der Waals surface area contributed by atoms with E-state index in [2.05, 4.69) is 9.98 Å². The normalized spacial score (nSPS) is 21.9. The van der Waals surface area contributed by atoms with E-state index in [9.17, 15) is 10.4 Å². The molecule has 2 aromatic carbocycles. The molecule has 3 aliphatic rings. The number of hydroxylamine groups is 2. The first kappa shape index (κ1) is 17.6. The lowest BCUT2D eigenvalue weighted by atomic mass is 10.00. The highest BCUT2D eigenvalue weighted by Crippen LogP contribution is 2.35. The van der Waals surface area contributed by atoms with Gasteiger partial charge in [-0.1, -0.05) is 12.1 Å². The van der Waals surface area contributed by atoms with Crippen molar-refractivity contribution in [3.63, 3.8) is 0 Å². The van der Waals surface area contributed by atoms with Crippen LogP contribution in [-0.4, -0.2) is 37.0 Å².